The smallest absolute Gasteiger partial charge is 0.254 e. The average molecular weight is 512 g/mol. The molecule has 37 heavy (non-hydrogen) atoms. The monoisotopic (exact) mass is 511 g/mol. The molecule has 2 aromatic rings. The van der Waals surface area contributed by atoms with Gasteiger partial charge in [-0.3, -0.25) is 4.79 Å². The Morgan fingerprint density at radius 3 is 2.57 bits per heavy atom. The summed E-state index contributed by atoms with van der Waals surface area (Å²) < 4.78 is 34.9. The van der Waals surface area contributed by atoms with E-state index in [-0.39, 0.29) is 18.0 Å². The molecular weight excluding hydrogens is 476 g/mol. The molecular formula is C29H35F2N3O3. The van der Waals surface area contributed by atoms with Crippen molar-refractivity contribution in [3.63, 3.8) is 0 Å². The molecule has 0 radical (unpaired) electrons. The van der Waals surface area contributed by atoms with Crippen LogP contribution in [0.2, 0.25) is 0 Å². The highest BCUT2D eigenvalue weighted by Crippen LogP contribution is 2.30. The first-order valence-corrected chi connectivity index (χ1v) is 13.0. The highest BCUT2D eigenvalue weighted by Gasteiger charge is 2.26. The topological polar surface area (TPSA) is 76.8 Å². The molecule has 2 fully saturated rings. The third kappa shape index (κ3) is 7.06. The number of carbonyl (C=O) groups is 1. The molecule has 2 saturated heterocycles. The molecule has 1 atom stereocenters. The number of halogens is 2. The largest absolute Gasteiger partial charge is 0.492 e. The molecule has 2 aliphatic rings. The van der Waals surface area contributed by atoms with Gasteiger partial charge in [-0.1, -0.05) is 12.1 Å². The molecule has 8 heteroatoms. The van der Waals surface area contributed by atoms with Crippen LogP contribution in [-0.4, -0.2) is 71.9 Å². The van der Waals surface area contributed by atoms with E-state index in [1.165, 1.54) is 6.07 Å². The van der Waals surface area contributed by atoms with Crippen molar-refractivity contribution in [3.05, 3.63) is 53.3 Å². The Morgan fingerprint density at radius 1 is 1.16 bits per heavy atom. The van der Waals surface area contributed by atoms with Gasteiger partial charge in [-0.25, -0.2) is 8.78 Å². The highest BCUT2D eigenvalue weighted by atomic mass is 19.1. The lowest BCUT2D eigenvalue weighted by atomic mass is 9.96. The molecule has 198 valence electrons. The van der Waals surface area contributed by atoms with Gasteiger partial charge < -0.3 is 19.6 Å². The number of carbonyl (C=O) groups excluding carboxylic acids is 1. The first-order valence-electron chi connectivity index (χ1n) is 13.0. The van der Waals surface area contributed by atoms with Crippen molar-refractivity contribution < 1.29 is 23.4 Å². The van der Waals surface area contributed by atoms with Gasteiger partial charge in [-0.15, -0.1) is 0 Å². The SMILES string of the molecule is CC(C)(F)CN1CCC(COc2ccc(-c3ccc(C(=O)N4CCCC(O)C4)cc3F)cc2C#N)CC1. The Hall–Kier alpha value is -3.02. The van der Waals surface area contributed by atoms with E-state index in [4.69, 9.17) is 4.74 Å². The molecule has 2 aliphatic heterocycles. The minimum atomic E-state index is -1.21. The second-order valence-corrected chi connectivity index (χ2v) is 10.8. The first-order chi connectivity index (χ1) is 17.6. The van der Waals surface area contributed by atoms with E-state index < -0.39 is 17.6 Å². The van der Waals surface area contributed by atoms with E-state index in [2.05, 4.69) is 11.0 Å². The maximum absolute atomic E-state index is 15.0. The van der Waals surface area contributed by atoms with E-state index in [1.807, 2.05) is 0 Å². The lowest BCUT2D eigenvalue weighted by Crippen LogP contribution is -2.42. The van der Waals surface area contributed by atoms with Gasteiger partial charge >= 0.3 is 0 Å². The maximum Gasteiger partial charge on any atom is 0.254 e. The molecule has 4 rings (SSSR count). The van der Waals surface area contributed by atoms with Crippen molar-refractivity contribution in [1.82, 2.24) is 9.80 Å². The molecule has 6 nitrogen and oxygen atoms in total. The number of hydrogen-bond acceptors (Lipinski definition) is 5. The number of aliphatic hydroxyl groups is 1. The number of ether oxygens (including phenoxy) is 1. The van der Waals surface area contributed by atoms with Gasteiger partial charge in [0.25, 0.3) is 5.91 Å². The van der Waals surface area contributed by atoms with Crippen LogP contribution in [0, 0.1) is 23.1 Å². The number of aliphatic hydroxyl groups excluding tert-OH is 1. The minimum absolute atomic E-state index is 0.233. The molecule has 0 bridgehead atoms. The number of amides is 1. The summed E-state index contributed by atoms with van der Waals surface area (Å²) in [4.78, 5) is 16.4. The van der Waals surface area contributed by atoms with Crippen LogP contribution in [0.1, 0.15) is 55.5 Å². The first kappa shape index (κ1) is 27.0. The molecule has 2 heterocycles. The summed E-state index contributed by atoms with van der Waals surface area (Å²) in [5.41, 5.74) is 0.157. The number of likely N-dealkylation sites (tertiary alicyclic amines) is 2. The van der Waals surface area contributed by atoms with E-state index in [9.17, 15) is 19.6 Å². The molecule has 0 aromatic heterocycles. The van der Waals surface area contributed by atoms with E-state index in [0.717, 1.165) is 32.4 Å². The fraction of sp³-hybridized carbons (Fsp3) is 0.517. The maximum atomic E-state index is 15.0. The summed E-state index contributed by atoms with van der Waals surface area (Å²) in [7, 11) is 0. The average Bonchev–Trinajstić information content (AvgIpc) is 2.87. The summed E-state index contributed by atoms with van der Waals surface area (Å²) in [6.07, 6.45) is 2.64. The molecule has 0 spiro atoms. The van der Waals surface area contributed by atoms with Gasteiger partial charge in [0.2, 0.25) is 0 Å². The van der Waals surface area contributed by atoms with Crippen LogP contribution in [0.25, 0.3) is 11.1 Å². The summed E-state index contributed by atoms with van der Waals surface area (Å²) in [5.74, 6) is -0.0720. The Labute approximate surface area is 217 Å². The number of benzene rings is 2. The predicted molar refractivity (Wildman–Crippen MR) is 138 cm³/mol. The van der Waals surface area contributed by atoms with E-state index >= 15 is 4.39 Å². The summed E-state index contributed by atoms with van der Waals surface area (Å²) in [6.45, 7) is 6.52. The molecule has 0 saturated carbocycles. The number of nitrogens with zero attached hydrogens (tertiary/aromatic N) is 3. The second kappa shape index (κ2) is 11.6. The van der Waals surface area contributed by atoms with Crippen LogP contribution >= 0.6 is 0 Å². The number of rotatable bonds is 7. The van der Waals surface area contributed by atoms with Crippen LogP contribution in [0.15, 0.2) is 36.4 Å². The number of alkyl halides is 1. The van der Waals surface area contributed by atoms with E-state index in [1.54, 1.807) is 49.1 Å². The van der Waals surface area contributed by atoms with Crippen LogP contribution in [0.4, 0.5) is 8.78 Å². The number of nitriles is 1. The molecule has 1 unspecified atom stereocenters. The van der Waals surface area contributed by atoms with Crippen molar-refractivity contribution >= 4 is 5.91 Å². The molecule has 1 amide bonds. The van der Waals surface area contributed by atoms with Crippen molar-refractivity contribution in [1.29, 1.82) is 5.26 Å². The van der Waals surface area contributed by atoms with Gasteiger partial charge in [0.05, 0.1) is 18.3 Å². The molecule has 2 aromatic carbocycles. The highest BCUT2D eigenvalue weighted by molar-refractivity contribution is 5.95. The third-order valence-electron chi connectivity index (χ3n) is 7.09. The van der Waals surface area contributed by atoms with Gasteiger partial charge in [0.15, 0.2) is 0 Å². The van der Waals surface area contributed by atoms with Crippen molar-refractivity contribution in [2.75, 3.05) is 39.3 Å². The summed E-state index contributed by atoms with van der Waals surface area (Å²) in [5, 5.41) is 19.5. The van der Waals surface area contributed by atoms with Gasteiger partial charge in [0.1, 0.15) is 23.3 Å². The van der Waals surface area contributed by atoms with Crippen LogP contribution in [0.3, 0.4) is 0 Å². The summed E-state index contributed by atoms with van der Waals surface area (Å²) in [6, 6.07) is 11.5. The minimum Gasteiger partial charge on any atom is -0.492 e. The fourth-order valence-electron chi connectivity index (χ4n) is 5.17. The Kier molecular flexibility index (Phi) is 8.46. The van der Waals surface area contributed by atoms with Crippen molar-refractivity contribution in [2.45, 2.75) is 51.3 Å². The quantitative estimate of drug-likeness (QED) is 0.578. The Bertz CT molecular complexity index is 1150. The second-order valence-electron chi connectivity index (χ2n) is 10.8. The fourth-order valence-corrected chi connectivity index (χ4v) is 5.17. The normalized spacial score (nSPS) is 19.5. The molecule has 0 aliphatic carbocycles. The van der Waals surface area contributed by atoms with Crippen molar-refractivity contribution in [3.8, 4) is 22.9 Å². The number of piperidine rings is 2. The zero-order valence-corrected chi connectivity index (χ0v) is 21.6. The number of hydrogen-bond donors (Lipinski definition) is 1. The Balaban J connectivity index is 1.39. The van der Waals surface area contributed by atoms with Crippen LogP contribution in [0.5, 0.6) is 5.75 Å². The Morgan fingerprint density at radius 2 is 1.92 bits per heavy atom. The van der Waals surface area contributed by atoms with Gasteiger partial charge in [-0.05, 0) is 88.4 Å². The van der Waals surface area contributed by atoms with Crippen molar-refractivity contribution in [2.24, 2.45) is 5.92 Å². The van der Waals surface area contributed by atoms with Crippen LogP contribution in [-0.2, 0) is 0 Å². The standard InChI is InChI=1S/C29H35F2N3O3/c1-29(2,31)19-33-12-9-20(10-13-33)18-37-27-8-6-21(14-23(27)16-32)25-7-5-22(15-26(25)30)28(36)34-11-3-4-24(35)17-34/h5-8,14-15,20,24,35H,3-4,9-13,17-19H2,1-2H3. The third-order valence-corrected chi connectivity index (χ3v) is 7.09. The zero-order valence-electron chi connectivity index (χ0n) is 21.6. The lowest BCUT2D eigenvalue weighted by Gasteiger charge is -2.34. The van der Waals surface area contributed by atoms with E-state index in [0.29, 0.717) is 54.5 Å². The predicted octanol–water partition coefficient (Wildman–Crippen LogP) is 4.80. The zero-order chi connectivity index (χ0) is 26.6. The lowest BCUT2D eigenvalue weighted by molar-refractivity contribution is 0.0473. The van der Waals surface area contributed by atoms with Crippen LogP contribution < -0.4 is 4.74 Å². The van der Waals surface area contributed by atoms with Gasteiger partial charge in [-0.2, -0.15) is 5.26 Å². The number of β-amino-alcohol motifs (C(OH)–C–C–N with tert-alkyl or cyclic N) is 1. The molecule has 1 N–H and O–H groups in total. The van der Waals surface area contributed by atoms with Gasteiger partial charge in [0, 0.05) is 30.8 Å². The summed E-state index contributed by atoms with van der Waals surface area (Å²) >= 11 is 0.